The predicted octanol–water partition coefficient (Wildman–Crippen LogP) is 5.60. The van der Waals surface area contributed by atoms with Crippen molar-refractivity contribution in [3.8, 4) is 11.1 Å². The molecule has 0 saturated heterocycles. The van der Waals surface area contributed by atoms with E-state index in [4.69, 9.17) is 4.84 Å². The van der Waals surface area contributed by atoms with Crippen molar-refractivity contribution in [2.45, 2.75) is 45.4 Å². The van der Waals surface area contributed by atoms with Crippen LogP contribution in [0.2, 0.25) is 0 Å². The molecule has 3 nitrogen and oxygen atoms in total. The highest BCUT2D eigenvalue weighted by molar-refractivity contribution is 6.00. The summed E-state index contributed by atoms with van der Waals surface area (Å²) in [4.78, 5) is 18.4. The molecule has 0 atom stereocenters. The summed E-state index contributed by atoms with van der Waals surface area (Å²) in [6, 6.07) is 15.0. The van der Waals surface area contributed by atoms with Crippen molar-refractivity contribution < 1.29 is 9.63 Å². The second-order valence-electron chi connectivity index (χ2n) is 9.75. The number of carbonyl (C=O) groups excluding carboxylic acids is 1. The Hall–Kier alpha value is -2.42. The largest absolute Gasteiger partial charge is 0.338 e. The molecule has 2 aromatic rings. The first-order valence-electron chi connectivity index (χ1n) is 11.1. The maximum atomic E-state index is 12.9. The highest BCUT2D eigenvalue weighted by Crippen LogP contribution is 2.56. The number of nitrogens with zero attached hydrogens (tertiary/aromatic N) is 1. The summed E-state index contributed by atoms with van der Waals surface area (Å²) >= 11 is 0. The Kier molecular flexibility index (Phi) is 3.94. The molecule has 0 heterocycles. The number of fused-ring (bicyclic) bond motifs is 3. The minimum absolute atomic E-state index is 0.0752. The van der Waals surface area contributed by atoms with Gasteiger partial charge in [-0.15, -0.1) is 0 Å². The molecule has 2 aromatic carbocycles. The van der Waals surface area contributed by atoms with Crippen molar-refractivity contribution in [1.82, 2.24) is 0 Å². The summed E-state index contributed by atoms with van der Waals surface area (Å²) in [5.41, 5.74) is 7.12. The maximum Gasteiger partial charge on any atom is 0.338 e. The molecule has 4 fully saturated rings. The van der Waals surface area contributed by atoms with Crippen LogP contribution < -0.4 is 0 Å². The fraction of sp³-hybridized carbons (Fsp3) is 0.462. The lowest BCUT2D eigenvalue weighted by molar-refractivity contribution is -0.162. The lowest BCUT2D eigenvalue weighted by Gasteiger charge is -2.53. The first-order valence-corrected chi connectivity index (χ1v) is 11.1. The molecular formula is C26H27NO2. The van der Waals surface area contributed by atoms with Crippen LogP contribution in [-0.4, -0.2) is 11.7 Å². The molecule has 4 bridgehead atoms. The van der Waals surface area contributed by atoms with Gasteiger partial charge in [-0.2, -0.15) is 0 Å². The van der Waals surface area contributed by atoms with Gasteiger partial charge in [0.1, 0.15) is 0 Å². The first-order chi connectivity index (χ1) is 14.2. The van der Waals surface area contributed by atoms with E-state index < -0.39 is 0 Å². The van der Waals surface area contributed by atoms with Gasteiger partial charge in [-0.05, 0) is 103 Å². The number of carbonyl (C=O) groups is 1. The number of hydrogen-bond acceptors (Lipinski definition) is 3. The molecule has 0 aliphatic heterocycles. The zero-order valence-electron chi connectivity index (χ0n) is 16.9. The van der Waals surface area contributed by atoms with E-state index in [-0.39, 0.29) is 11.9 Å². The lowest BCUT2D eigenvalue weighted by atomic mass is 9.52. The Morgan fingerprint density at radius 3 is 2.34 bits per heavy atom. The van der Waals surface area contributed by atoms with Crippen LogP contribution in [0.25, 0.3) is 11.1 Å². The van der Waals surface area contributed by atoms with E-state index in [1.54, 1.807) is 0 Å². The summed E-state index contributed by atoms with van der Waals surface area (Å²) in [6.45, 7) is 1.94. The number of hydrogen-bond donors (Lipinski definition) is 0. The standard InChI is InChI=1S/C26H27NO2/c1-15(18-6-7-20-13-19-4-2-3-5-23(19)24(20)14-18)27-29-26(28)25-21-9-16-8-17(11-21)12-22(25)10-16/h2-7,14,16-17,21-22,25H,8-13H2,1H3/b27-15+. The molecule has 148 valence electrons. The van der Waals surface area contributed by atoms with E-state index in [2.05, 4.69) is 47.6 Å². The Balaban J connectivity index is 1.20. The van der Waals surface area contributed by atoms with Crippen molar-refractivity contribution in [2.24, 2.45) is 34.7 Å². The number of oxime groups is 1. The molecule has 29 heavy (non-hydrogen) atoms. The molecule has 0 spiro atoms. The Morgan fingerprint density at radius 1 is 0.897 bits per heavy atom. The lowest BCUT2D eigenvalue weighted by Crippen LogP contribution is -2.48. The summed E-state index contributed by atoms with van der Waals surface area (Å²) in [7, 11) is 0. The average Bonchev–Trinajstić information content (AvgIpc) is 3.09. The monoisotopic (exact) mass is 385 g/mol. The zero-order valence-corrected chi connectivity index (χ0v) is 16.9. The highest BCUT2D eigenvalue weighted by Gasteiger charge is 2.51. The summed E-state index contributed by atoms with van der Waals surface area (Å²) in [5.74, 6) is 2.77. The van der Waals surface area contributed by atoms with Gasteiger partial charge in [0.25, 0.3) is 0 Å². The van der Waals surface area contributed by atoms with Gasteiger partial charge >= 0.3 is 5.97 Å². The van der Waals surface area contributed by atoms with Crippen LogP contribution in [0.4, 0.5) is 0 Å². The van der Waals surface area contributed by atoms with Crippen molar-refractivity contribution in [3.63, 3.8) is 0 Å². The molecule has 5 aliphatic carbocycles. The minimum atomic E-state index is -0.0929. The predicted molar refractivity (Wildman–Crippen MR) is 114 cm³/mol. The van der Waals surface area contributed by atoms with Gasteiger partial charge < -0.3 is 4.84 Å². The SMILES string of the molecule is C/C(=N\OC(=O)C1C2CC3CC(C2)CC1C3)c1ccc2c(c1)-c1ccccc1C2. The fourth-order valence-electron chi connectivity index (χ4n) is 6.89. The summed E-state index contributed by atoms with van der Waals surface area (Å²) in [5, 5.41) is 4.28. The van der Waals surface area contributed by atoms with Crippen molar-refractivity contribution in [1.29, 1.82) is 0 Å². The summed E-state index contributed by atoms with van der Waals surface area (Å²) in [6.07, 6.45) is 7.27. The third-order valence-corrected chi connectivity index (χ3v) is 7.99. The van der Waals surface area contributed by atoms with E-state index in [1.807, 2.05) is 6.92 Å². The van der Waals surface area contributed by atoms with Crippen molar-refractivity contribution in [3.05, 3.63) is 59.2 Å². The van der Waals surface area contributed by atoms with Crippen molar-refractivity contribution >= 4 is 11.7 Å². The second-order valence-corrected chi connectivity index (χ2v) is 9.75. The van der Waals surface area contributed by atoms with Crippen LogP contribution in [0.5, 0.6) is 0 Å². The Morgan fingerprint density at radius 2 is 1.59 bits per heavy atom. The van der Waals surface area contributed by atoms with Crippen LogP contribution in [0.3, 0.4) is 0 Å². The Bertz CT molecular complexity index is 993. The quantitative estimate of drug-likeness (QED) is 0.334. The topological polar surface area (TPSA) is 38.7 Å². The van der Waals surface area contributed by atoms with E-state index in [1.165, 1.54) is 54.4 Å². The van der Waals surface area contributed by atoms with Gasteiger partial charge in [-0.3, -0.25) is 0 Å². The number of benzene rings is 2. The third-order valence-electron chi connectivity index (χ3n) is 7.99. The second kappa shape index (κ2) is 6.55. The summed E-state index contributed by atoms with van der Waals surface area (Å²) < 4.78 is 0. The molecule has 7 rings (SSSR count). The molecule has 4 saturated carbocycles. The molecule has 0 N–H and O–H groups in total. The van der Waals surface area contributed by atoms with Crippen molar-refractivity contribution in [2.75, 3.05) is 0 Å². The minimum Gasteiger partial charge on any atom is -0.318 e. The molecule has 5 aliphatic rings. The molecule has 0 unspecified atom stereocenters. The zero-order chi connectivity index (χ0) is 19.5. The highest BCUT2D eigenvalue weighted by atomic mass is 16.7. The van der Waals surface area contributed by atoms with Crippen LogP contribution in [0, 0.1) is 29.6 Å². The maximum absolute atomic E-state index is 12.9. The van der Waals surface area contributed by atoms with Crippen LogP contribution in [0.15, 0.2) is 47.6 Å². The fourth-order valence-corrected chi connectivity index (χ4v) is 6.89. The van der Waals surface area contributed by atoms with E-state index in [9.17, 15) is 4.79 Å². The molecule has 3 heteroatoms. The van der Waals surface area contributed by atoms with Crippen LogP contribution in [0.1, 0.15) is 55.7 Å². The van der Waals surface area contributed by atoms with Gasteiger partial charge in [0.2, 0.25) is 0 Å². The smallest absolute Gasteiger partial charge is 0.318 e. The molecule has 0 amide bonds. The van der Waals surface area contributed by atoms with Gasteiger partial charge in [0.05, 0.1) is 11.6 Å². The molecule has 0 radical (unpaired) electrons. The van der Waals surface area contributed by atoms with E-state index in [0.29, 0.717) is 11.8 Å². The first kappa shape index (κ1) is 17.4. The van der Waals surface area contributed by atoms with Gasteiger partial charge in [0, 0.05) is 0 Å². The van der Waals surface area contributed by atoms with Gasteiger partial charge in [-0.1, -0.05) is 41.6 Å². The van der Waals surface area contributed by atoms with Crippen LogP contribution in [-0.2, 0) is 16.1 Å². The molecular weight excluding hydrogens is 358 g/mol. The van der Waals surface area contributed by atoms with Gasteiger partial charge in [0.15, 0.2) is 0 Å². The molecule has 0 aromatic heterocycles. The van der Waals surface area contributed by atoms with E-state index >= 15 is 0 Å². The van der Waals surface area contributed by atoms with Gasteiger partial charge in [-0.25, -0.2) is 4.79 Å². The third kappa shape index (κ3) is 2.86. The normalized spacial score (nSPS) is 31.5. The Labute approximate surface area is 172 Å². The average molecular weight is 386 g/mol. The van der Waals surface area contributed by atoms with E-state index in [0.717, 1.165) is 29.5 Å². The number of rotatable bonds is 3. The van der Waals surface area contributed by atoms with Crippen LogP contribution >= 0.6 is 0 Å².